The van der Waals surface area contributed by atoms with Crippen molar-refractivity contribution in [3.63, 3.8) is 0 Å². The number of carbonyl (C=O) groups excluding carboxylic acids is 1. The average Bonchev–Trinajstić information content (AvgIpc) is 2.37. The Bertz CT molecular complexity index is 206. The topological polar surface area (TPSA) is 35.6 Å². The zero-order valence-corrected chi connectivity index (χ0v) is 10.1. The number of hydrogen-bond donors (Lipinski definition) is 1. The van der Waals surface area contributed by atoms with Crippen molar-refractivity contribution in [3.8, 4) is 0 Å². The Morgan fingerprint density at radius 2 is 2.20 bits per heavy atom. The van der Waals surface area contributed by atoms with Crippen LogP contribution in [0.15, 0.2) is 0 Å². The average molecular weight is 213 g/mol. The lowest BCUT2D eigenvalue weighted by Gasteiger charge is -2.25. The van der Waals surface area contributed by atoms with Crippen LogP contribution in [0.25, 0.3) is 0 Å². The molecule has 15 heavy (non-hydrogen) atoms. The van der Waals surface area contributed by atoms with Gasteiger partial charge in [0.1, 0.15) is 0 Å². The van der Waals surface area contributed by atoms with Gasteiger partial charge in [0.05, 0.1) is 6.04 Å². The van der Waals surface area contributed by atoms with Crippen LogP contribution in [0.2, 0.25) is 0 Å². The summed E-state index contributed by atoms with van der Waals surface area (Å²) in [4.78, 5) is 16.1. The van der Waals surface area contributed by atoms with Crippen molar-refractivity contribution in [2.75, 3.05) is 40.8 Å². The first kappa shape index (κ1) is 12.5. The van der Waals surface area contributed by atoms with Crippen LogP contribution >= 0.6 is 0 Å². The SMILES string of the molecule is CNC1CCCCN(CCN(C)C)C1=O. The molecule has 0 saturated carbocycles. The summed E-state index contributed by atoms with van der Waals surface area (Å²) in [6.45, 7) is 2.72. The van der Waals surface area contributed by atoms with Gasteiger partial charge in [0.25, 0.3) is 0 Å². The predicted octanol–water partition coefficient (Wildman–Crippen LogP) is 0.149. The molecule has 1 saturated heterocycles. The summed E-state index contributed by atoms with van der Waals surface area (Å²) in [5.74, 6) is 0.275. The number of likely N-dealkylation sites (N-methyl/N-ethyl adjacent to an activating group) is 2. The highest BCUT2D eigenvalue weighted by molar-refractivity contribution is 5.82. The number of likely N-dealkylation sites (tertiary alicyclic amines) is 1. The molecule has 4 heteroatoms. The Morgan fingerprint density at radius 3 is 2.80 bits per heavy atom. The van der Waals surface area contributed by atoms with E-state index in [0.29, 0.717) is 0 Å². The van der Waals surface area contributed by atoms with Crippen LogP contribution < -0.4 is 5.32 Å². The minimum Gasteiger partial charge on any atom is -0.340 e. The zero-order chi connectivity index (χ0) is 11.3. The fourth-order valence-electron chi connectivity index (χ4n) is 1.92. The molecule has 0 aliphatic carbocycles. The number of amides is 1. The number of nitrogens with zero attached hydrogens (tertiary/aromatic N) is 2. The fraction of sp³-hybridized carbons (Fsp3) is 0.909. The summed E-state index contributed by atoms with van der Waals surface area (Å²) in [5.41, 5.74) is 0. The van der Waals surface area contributed by atoms with Crippen molar-refractivity contribution in [1.82, 2.24) is 15.1 Å². The summed E-state index contributed by atoms with van der Waals surface area (Å²) in [7, 11) is 5.95. The van der Waals surface area contributed by atoms with Crippen molar-refractivity contribution in [2.45, 2.75) is 25.3 Å². The molecule has 0 radical (unpaired) electrons. The molecule has 1 fully saturated rings. The molecule has 1 aliphatic rings. The van der Waals surface area contributed by atoms with Gasteiger partial charge in [0.15, 0.2) is 0 Å². The molecule has 1 rings (SSSR count). The van der Waals surface area contributed by atoms with Crippen molar-refractivity contribution < 1.29 is 4.79 Å². The quantitative estimate of drug-likeness (QED) is 0.722. The van der Waals surface area contributed by atoms with E-state index in [1.54, 1.807) is 0 Å². The van der Waals surface area contributed by atoms with Crippen LogP contribution in [0.1, 0.15) is 19.3 Å². The molecule has 0 aromatic carbocycles. The number of nitrogens with one attached hydrogen (secondary N) is 1. The normalized spacial score (nSPS) is 23.3. The van der Waals surface area contributed by atoms with Crippen LogP contribution in [0, 0.1) is 0 Å². The maximum absolute atomic E-state index is 12.0. The minimum atomic E-state index is 0.0367. The van der Waals surface area contributed by atoms with Gasteiger partial charge in [-0.2, -0.15) is 0 Å². The second-order valence-electron chi connectivity index (χ2n) is 4.47. The van der Waals surface area contributed by atoms with Gasteiger partial charge in [-0.25, -0.2) is 0 Å². The highest BCUT2D eigenvalue weighted by Crippen LogP contribution is 2.11. The van der Waals surface area contributed by atoms with Gasteiger partial charge in [-0.1, -0.05) is 0 Å². The Kier molecular flexibility index (Phi) is 5.05. The van der Waals surface area contributed by atoms with E-state index >= 15 is 0 Å². The van der Waals surface area contributed by atoms with Crippen molar-refractivity contribution in [3.05, 3.63) is 0 Å². The molecule has 1 N–H and O–H groups in total. The van der Waals surface area contributed by atoms with E-state index in [2.05, 4.69) is 10.2 Å². The van der Waals surface area contributed by atoms with Gasteiger partial charge in [-0.05, 0) is 40.4 Å². The molecule has 0 aromatic heterocycles. The maximum atomic E-state index is 12.0. The first-order chi connectivity index (χ1) is 7.15. The van der Waals surface area contributed by atoms with Gasteiger partial charge >= 0.3 is 0 Å². The van der Waals surface area contributed by atoms with Gasteiger partial charge < -0.3 is 15.1 Å². The lowest BCUT2D eigenvalue weighted by atomic mass is 10.1. The molecular formula is C11H23N3O. The monoisotopic (exact) mass is 213 g/mol. The summed E-state index contributed by atoms with van der Waals surface area (Å²) >= 11 is 0. The van der Waals surface area contributed by atoms with Gasteiger partial charge in [0, 0.05) is 19.6 Å². The Labute approximate surface area is 92.6 Å². The Balaban J connectivity index is 2.49. The lowest BCUT2D eigenvalue weighted by Crippen LogP contribution is -2.45. The molecule has 4 nitrogen and oxygen atoms in total. The van der Waals surface area contributed by atoms with Crippen LogP contribution in [0.5, 0.6) is 0 Å². The highest BCUT2D eigenvalue weighted by Gasteiger charge is 2.24. The Hall–Kier alpha value is -0.610. The molecule has 1 unspecified atom stereocenters. The molecule has 1 aliphatic heterocycles. The lowest BCUT2D eigenvalue weighted by molar-refractivity contribution is -0.132. The Morgan fingerprint density at radius 1 is 1.47 bits per heavy atom. The zero-order valence-electron chi connectivity index (χ0n) is 10.1. The summed E-state index contributed by atoms with van der Waals surface area (Å²) in [6, 6.07) is 0.0367. The van der Waals surface area contributed by atoms with Crippen LogP contribution in [-0.2, 0) is 4.79 Å². The van der Waals surface area contributed by atoms with E-state index in [9.17, 15) is 4.79 Å². The van der Waals surface area contributed by atoms with E-state index in [4.69, 9.17) is 0 Å². The first-order valence-electron chi connectivity index (χ1n) is 5.76. The molecule has 1 atom stereocenters. The van der Waals surface area contributed by atoms with E-state index in [-0.39, 0.29) is 11.9 Å². The number of carbonyl (C=O) groups is 1. The molecule has 1 amide bonds. The molecule has 0 aromatic rings. The number of hydrogen-bond acceptors (Lipinski definition) is 3. The molecule has 0 bridgehead atoms. The van der Waals surface area contributed by atoms with Crippen molar-refractivity contribution >= 4 is 5.91 Å². The smallest absolute Gasteiger partial charge is 0.239 e. The highest BCUT2D eigenvalue weighted by atomic mass is 16.2. The largest absolute Gasteiger partial charge is 0.340 e. The third kappa shape index (κ3) is 3.80. The third-order valence-corrected chi connectivity index (χ3v) is 2.95. The fourth-order valence-corrected chi connectivity index (χ4v) is 1.92. The van der Waals surface area contributed by atoms with E-state index in [1.165, 1.54) is 0 Å². The second-order valence-corrected chi connectivity index (χ2v) is 4.47. The maximum Gasteiger partial charge on any atom is 0.239 e. The van der Waals surface area contributed by atoms with Crippen LogP contribution in [0.4, 0.5) is 0 Å². The minimum absolute atomic E-state index is 0.0367. The van der Waals surface area contributed by atoms with Gasteiger partial charge in [-0.15, -0.1) is 0 Å². The van der Waals surface area contributed by atoms with E-state index < -0.39 is 0 Å². The molecule has 1 heterocycles. The summed E-state index contributed by atoms with van der Waals surface area (Å²) in [5, 5.41) is 3.11. The van der Waals surface area contributed by atoms with Crippen molar-refractivity contribution in [2.24, 2.45) is 0 Å². The summed E-state index contributed by atoms with van der Waals surface area (Å²) in [6.07, 6.45) is 3.26. The first-order valence-corrected chi connectivity index (χ1v) is 5.76. The van der Waals surface area contributed by atoms with Crippen LogP contribution in [0.3, 0.4) is 0 Å². The predicted molar refractivity (Wildman–Crippen MR) is 61.8 cm³/mol. The van der Waals surface area contributed by atoms with E-state index in [0.717, 1.165) is 38.9 Å². The van der Waals surface area contributed by atoms with Crippen LogP contribution in [-0.4, -0.2) is 62.5 Å². The molecule has 88 valence electrons. The molecular weight excluding hydrogens is 190 g/mol. The van der Waals surface area contributed by atoms with Crippen molar-refractivity contribution in [1.29, 1.82) is 0 Å². The summed E-state index contributed by atoms with van der Waals surface area (Å²) < 4.78 is 0. The molecule has 0 spiro atoms. The van der Waals surface area contributed by atoms with Gasteiger partial charge in [0.2, 0.25) is 5.91 Å². The van der Waals surface area contributed by atoms with E-state index in [1.807, 2.05) is 26.0 Å². The number of rotatable bonds is 4. The second kappa shape index (κ2) is 6.08. The van der Waals surface area contributed by atoms with Gasteiger partial charge in [-0.3, -0.25) is 4.79 Å². The third-order valence-electron chi connectivity index (χ3n) is 2.95. The standard InChI is InChI=1S/C11H23N3O/c1-12-10-6-4-5-7-14(11(10)15)9-8-13(2)3/h10,12H,4-9H2,1-3H3.